The molecular formula is C11H26N2O. The molecule has 0 heterocycles. The lowest BCUT2D eigenvalue weighted by molar-refractivity contribution is 0.280. The summed E-state index contributed by atoms with van der Waals surface area (Å²) in [5.74, 6) is 0. The highest BCUT2D eigenvalue weighted by Crippen LogP contribution is 1.94. The zero-order valence-corrected chi connectivity index (χ0v) is 9.92. The van der Waals surface area contributed by atoms with Crippen molar-refractivity contribution in [3.05, 3.63) is 0 Å². The fraction of sp³-hybridized carbons (Fsp3) is 1.00. The Labute approximate surface area is 88.5 Å². The lowest BCUT2D eigenvalue weighted by Gasteiger charge is -2.20. The number of hydrogen-bond acceptors (Lipinski definition) is 3. The van der Waals surface area contributed by atoms with Crippen molar-refractivity contribution in [3.63, 3.8) is 0 Å². The van der Waals surface area contributed by atoms with E-state index in [1.165, 1.54) is 6.42 Å². The van der Waals surface area contributed by atoms with Crippen LogP contribution in [0.15, 0.2) is 0 Å². The van der Waals surface area contributed by atoms with Gasteiger partial charge in [-0.1, -0.05) is 6.92 Å². The minimum Gasteiger partial charge on any atom is -0.396 e. The van der Waals surface area contributed by atoms with Gasteiger partial charge in [-0.05, 0) is 46.3 Å². The fourth-order valence-corrected chi connectivity index (χ4v) is 1.42. The Kier molecular flexibility index (Phi) is 9.35. The first kappa shape index (κ1) is 13.9. The number of likely N-dealkylation sites (N-methyl/N-ethyl adjacent to an activating group) is 1. The van der Waals surface area contributed by atoms with Gasteiger partial charge in [0.15, 0.2) is 0 Å². The van der Waals surface area contributed by atoms with Crippen LogP contribution in [0.5, 0.6) is 0 Å². The van der Waals surface area contributed by atoms with Gasteiger partial charge in [0, 0.05) is 19.2 Å². The van der Waals surface area contributed by atoms with Crippen molar-refractivity contribution in [2.24, 2.45) is 0 Å². The summed E-state index contributed by atoms with van der Waals surface area (Å²) in [7, 11) is 2.14. The maximum Gasteiger partial charge on any atom is 0.0431 e. The monoisotopic (exact) mass is 202 g/mol. The van der Waals surface area contributed by atoms with Gasteiger partial charge in [-0.25, -0.2) is 0 Å². The Hall–Kier alpha value is -0.120. The molecule has 0 aliphatic rings. The van der Waals surface area contributed by atoms with E-state index >= 15 is 0 Å². The fourth-order valence-electron chi connectivity index (χ4n) is 1.42. The van der Waals surface area contributed by atoms with Crippen LogP contribution in [0.4, 0.5) is 0 Å². The molecule has 1 atom stereocenters. The van der Waals surface area contributed by atoms with Gasteiger partial charge in [-0.3, -0.25) is 0 Å². The topological polar surface area (TPSA) is 35.5 Å². The Morgan fingerprint density at radius 2 is 2.00 bits per heavy atom. The van der Waals surface area contributed by atoms with Gasteiger partial charge in [0.2, 0.25) is 0 Å². The molecule has 0 saturated carbocycles. The first-order valence-electron chi connectivity index (χ1n) is 5.73. The predicted molar refractivity (Wildman–Crippen MR) is 61.6 cm³/mol. The number of nitrogens with one attached hydrogen (secondary N) is 1. The normalized spacial score (nSPS) is 13.5. The molecular weight excluding hydrogens is 176 g/mol. The maximum atomic E-state index is 8.60. The van der Waals surface area contributed by atoms with Gasteiger partial charge in [-0.15, -0.1) is 0 Å². The van der Waals surface area contributed by atoms with Crippen molar-refractivity contribution in [2.75, 3.05) is 33.3 Å². The highest BCUT2D eigenvalue weighted by Gasteiger charge is 2.02. The second-order valence-electron chi connectivity index (χ2n) is 3.99. The van der Waals surface area contributed by atoms with Crippen LogP contribution < -0.4 is 5.32 Å². The predicted octanol–water partition coefficient (Wildman–Crippen LogP) is 1.08. The van der Waals surface area contributed by atoms with E-state index < -0.39 is 0 Å². The molecule has 0 bridgehead atoms. The summed E-state index contributed by atoms with van der Waals surface area (Å²) in [4.78, 5) is 2.31. The molecule has 0 fully saturated rings. The van der Waals surface area contributed by atoms with Gasteiger partial charge in [-0.2, -0.15) is 0 Å². The molecule has 2 N–H and O–H groups in total. The number of rotatable bonds is 9. The molecule has 3 nitrogen and oxygen atoms in total. The molecule has 0 radical (unpaired) electrons. The van der Waals surface area contributed by atoms with Gasteiger partial charge >= 0.3 is 0 Å². The standard InChI is InChI=1S/C11H26N2O/c1-4-13(3)10-11(2)12-8-6-5-7-9-14/h11-12,14H,4-10H2,1-3H3. The lowest BCUT2D eigenvalue weighted by atomic mass is 10.2. The summed E-state index contributed by atoms with van der Waals surface area (Å²) in [6.07, 6.45) is 3.23. The van der Waals surface area contributed by atoms with E-state index in [4.69, 9.17) is 5.11 Å². The molecule has 0 aliphatic heterocycles. The third-order valence-electron chi connectivity index (χ3n) is 2.45. The van der Waals surface area contributed by atoms with E-state index in [0.29, 0.717) is 12.6 Å². The molecule has 3 heteroatoms. The smallest absolute Gasteiger partial charge is 0.0431 e. The third kappa shape index (κ3) is 8.48. The molecule has 0 aromatic heterocycles. The SMILES string of the molecule is CCN(C)CC(C)NCCCCCO. The molecule has 14 heavy (non-hydrogen) atoms. The van der Waals surface area contributed by atoms with Gasteiger partial charge < -0.3 is 15.3 Å². The molecule has 0 aromatic carbocycles. The molecule has 86 valence electrons. The van der Waals surface area contributed by atoms with Crippen molar-refractivity contribution < 1.29 is 5.11 Å². The quantitative estimate of drug-likeness (QED) is 0.549. The lowest BCUT2D eigenvalue weighted by Crippen LogP contribution is -2.37. The number of unbranched alkanes of at least 4 members (excludes halogenated alkanes) is 2. The second-order valence-corrected chi connectivity index (χ2v) is 3.99. The summed E-state index contributed by atoms with van der Waals surface area (Å²) in [6.45, 7) is 8.01. The molecule has 0 spiro atoms. The minimum absolute atomic E-state index is 0.328. The zero-order chi connectivity index (χ0) is 10.8. The number of aliphatic hydroxyl groups excluding tert-OH is 1. The highest BCUT2D eigenvalue weighted by molar-refractivity contribution is 4.64. The van der Waals surface area contributed by atoms with Crippen LogP contribution in [0, 0.1) is 0 Å². The first-order valence-corrected chi connectivity index (χ1v) is 5.73. The van der Waals surface area contributed by atoms with Crippen molar-refractivity contribution in [3.8, 4) is 0 Å². The van der Waals surface area contributed by atoms with Crippen molar-refractivity contribution in [1.29, 1.82) is 0 Å². The summed E-state index contributed by atoms with van der Waals surface area (Å²) < 4.78 is 0. The van der Waals surface area contributed by atoms with E-state index in [2.05, 4.69) is 31.1 Å². The Morgan fingerprint density at radius 3 is 2.57 bits per heavy atom. The maximum absolute atomic E-state index is 8.60. The summed E-state index contributed by atoms with van der Waals surface area (Å²) in [5.41, 5.74) is 0. The largest absolute Gasteiger partial charge is 0.396 e. The van der Waals surface area contributed by atoms with E-state index in [-0.39, 0.29) is 0 Å². The van der Waals surface area contributed by atoms with Crippen LogP contribution in [0.25, 0.3) is 0 Å². The van der Waals surface area contributed by atoms with Crippen molar-refractivity contribution in [1.82, 2.24) is 10.2 Å². The van der Waals surface area contributed by atoms with Gasteiger partial charge in [0.1, 0.15) is 0 Å². The molecule has 0 aliphatic carbocycles. The summed E-state index contributed by atoms with van der Waals surface area (Å²) >= 11 is 0. The highest BCUT2D eigenvalue weighted by atomic mass is 16.2. The third-order valence-corrected chi connectivity index (χ3v) is 2.45. The number of hydrogen-bond donors (Lipinski definition) is 2. The average Bonchev–Trinajstić information content (AvgIpc) is 2.17. The van der Waals surface area contributed by atoms with E-state index in [1.54, 1.807) is 0 Å². The van der Waals surface area contributed by atoms with Crippen LogP contribution in [0.1, 0.15) is 33.1 Å². The Morgan fingerprint density at radius 1 is 1.29 bits per heavy atom. The van der Waals surface area contributed by atoms with Crippen molar-refractivity contribution in [2.45, 2.75) is 39.2 Å². The molecule has 0 amide bonds. The van der Waals surface area contributed by atoms with E-state index in [0.717, 1.165) is 32.5 Å². The van der Waals surface area contributed by atoms with Crippen LogP contribution in [-0.2, 0) is 0 Å². The van der Waals surface area contributed by atoms with Crippen LogP contribution in [0.3, 0.4) is 0 Å². The summed E-state index contributed by atoms with van der Waals surface area (Å²) in [5, 5.41) is 12.1. The summed E-state index contributed by atoms with van der Waals surface area (Å²) in [6, 6.07) is 0.564. The van der Waals surface area contributed by atoms with Crippen LogP contribution in [-0.4, -0.2) is 49.3 Å². The zero-order valence-electron chi connectivity index (χ0n) is 9.92. The van der Waals surface area contributed by atoms with E-state index in [9.17, 15) is 0 Å². The Bertz CT molecular complexity index is 120. The molecule has 0 aromatic rings. The van der Waals surface area contributed by atoms with Crippen LogP contribution in [0.2, 0.25) is 0 Å². The number of aliphatic hydroxyl groups is 1. The first-order chi connectivity index (χ1) is 6.70. The number of nitrogens with zero attached hydrogens (tertiary/aromatic N) is 1. The van der Waals surface area contributed by atoms with Crippen LogP contribution >= 0.6 is 0 Å². The second kappa shape index (κ2) is 9.44. The molecule has 0 saturated heterocycles. The van der Waals surface area contributed by atoms with Gasteiger partial charge in [0.05, 0.1) is 0 Å². The minimum atomic E-state index is 0.328. The molecule has 0 rings (SSSR count). The van der Waals surface area contributed by atoms with Gasteiger partial charge in [0.25, 0.3) is 0 Å². The average molecular weight is 202 g/mol. The van der Waals surface area contributed by atoms with E-state index in [1.807, 2.05) is 0 Å². The Balaban J connectivity index is 3.22. The van der Waals surface area contributed by atoms with Crippen molar-refractivity contribution >= 4 is 0 Å². The molecule has 1 unspecified atom stereocenters.